The van der Waals surface area contributed by atoms with Gasteiger partial charge in [0.2, 0.25) is 0 Å². The zero-order valence-corrected chi connectivity index (χ0v) is 49.1. The van der Waals surface area contributed by atoms with Crippen molar-refractivity contribution in [3.05, 3.63) is 170 Å². The van der Waals surface area contributed by atoms with E-state index in [4.69, 9.17) is 14.2 Å². The highest BCUT2D eigenvalue weighted by molar-refractivity contribution is 5.71. The number of rotatable bonds is 53. The first kappa shape index (κ1) is 71.8. The molecule has 0 aromatic rings. The highest BCUT2D eigenvalue weighted by Gasteiger charge is 2.19. The Hall–Kier alpha value is -5.23. The Kier molecular flexibility index (Phi) is 59.0. The molecule has 0 aliphatic heterocycles. The molecule has 0 N–H and O–H groups in total. The molecule has 0 saturated carbocycles. The minimum Gasteiger partial charge on any atom is -0.462 e. The van der Waals surface area contributed by atoms with Crippen molar-refractivity contribution in [3.63, 3.8) is 0 Å². The SMILES string of the molecule is CC/C=C\C/C=C\C/C=C\C/C=C\C/C=C\CCCCCCCCCCCC(=O)OCC(COC(=O)CCCC/C=C\C/C=C\C/C=C\C/C=C\CC)OC(=O)CCCCC/C=C\C/C=C\C/C=C\C/C=C\C/C=C\CC. The van der Waals surface area contributed by atoms with Crippen molar-refractivity contribution in [1.82, 2.24) is 0 Å². The van der Waals surface area contributed by atoms with Crippen LogP contribution in [0.15, 0.2) is 170 Å². The Labute approximate surface area is 472 Å². The number of unbranched alkanes of at least 4 members (excludes halogenated alkanes) is 14. The van der Waals surface area contributed by atoms with Crippen LogP contribution < -0.4 is 0 Å². The largest absolute Gasteiger partial charge is 0.462 e. The smallest absolute Gasteiger partial charge is 0.306 e. The third kappa shape index (κ3) is 61.5. The van der Waals surface area contributed by atoms with Crippen molar-refractivity contribution < 1.29 is 28.6 Å². The molecule has 0 saturated heterocycles. The van der Waals surface area contributed by atoms with Crippen LogP contribution in [-0.2, 0) is 28.6 Å². The molecule has 0 amide bonds. The van der Waals surface area contributed by atoms with Gasteiger partial charge in [-0.2, -0.15) is 0 Å². The van der Waals surface area contributed by atoms with E-state index in [9.17, 15) is 14.4 Å². The second kappa shape index (κ2) is 63.3. The molecule has 77 heavy (non-hydrogen) atoms. The molecule has 6 nitrogen and oxygen atoms in total. The van der Waals surface area contributed by atoms with Crippen LogP contribution in [0.4, 0.5) is 0 Å². The molecule has 6 heteroatoms. The fourth-order valence-electron chi connectivity index (χ4n) is 7.72. The van der Waals surface area contributed by atoms with Crippen LogP contribution in [0.5, 0.6) is 0 Å². The Balaban J connectivity index is 4.50. The lowest BCUT2D eigenvalue weighted by molar-refractivity contribution is -0.167. The number of esters is 3. The molecule has 1 unspecified atom stereocenters. The van der Waals surface area contributed by atoms with Crippen molar-refractivity contribution in [2.24, 2.45) is 0 Å². The van der Waals surface area contributed by atoms with Gasteiger partial charge in [0.15, 0.2) is 6.10 Å². The van der Waals surface area contributed by atoms with Crippen molar-refractivity contribution in [1.29, 1.82) is 0 Å². The van der Waals surface area contributed by atoms with Crippen LogP contribution >= 0.6 is 0 Å². The second-order valence-electron chi connectivity index (χ2n) is 19.5. The molecule has 0 aliphatic carbocycles. The molecule has 0 heterocycles. The van der Waals surface area contributed by atoms with E-state index in [1.807, 2.05) is 0 Å². The fourth-order valence-corrected chi connectivity index (χ4v) is 7.72. The van der Waals surface area contributed by atoms with Gasteiger partial charge in [-0.25, -0.2) is 0 Å². The maximum atomic E-state index is 12.9. The third-order valence-electron chi connectivity index (χ3n) is 12.2. The molecule has 0 fully saturated rings. The topological polar surface area (TPSA) is 78.9 Å². The van der Waals surface area contributed by atoms with Crippen LogP contribution in [0.1, 0.15) is 239 Å². The van der Waals surface area contributed by atoms with Crippen molar-refractivity contribution >= 4 is 17.9 Å². The molecule has 0 radical (unpaired) electrons. The monoisotopic (exact) mass is 1060 g/mol. The zero-order chi connectivity index (χ0) is 55.7. The Morgan fingerprint density at radius 2 is 0.468 bits per heavy atom. The Bertz CT molecular complexity index is 1790. The average molecular weight is 1060 g/mol. The van der Waals surface area contributed by atoms with Crippen molar-refractivity contribution in [2.45, 2.75) is 245 Å². The molecule has 0 spiro atoms. The minimum atomic E-state index is -0.826. The molecule has 1 atom stereocenters. The van der Waals surface area contributed by atoms with Crippen LogP contribution in [0.25, 0.3) is 0 Å². The fraction of sp³-hybridized carbons (Fsp3) is 0.563. The number of hydrogen-bond acceptors (Lipinski definition) is 6. The lowest BCUT2D eigenvalue weighted by atomic mass is 10.1. The van der Waals surface area contributed by atoms with E-state index in [-0.39, 0.29) is 44.0 Å². The molecule has 0 aliphatic rings. The van der Waals surface area contributed by atoms with Gasteiger partial charge in [-0.1, -0.05) is 242 Å². The highest BCUT2D eigenvalue weighted by atomic mass is 16.6. The normalized spacial score (nSPS) is 13.3. The predicted molar refractivity (Wildman–Crippen MR) is 334 cm³/mol. The number of ether oxygens (including phenoxy) is 3. The third-order valence-corrected chi connectivity index (χ3v) is 12.2. The Morgan fingerprint density at radius 3 is 0.766 bits per heavy atom. The summed E-state index contributed by atoms with van der Waals surface area (Å²) in [5.41, 5.74) is 0. The van der Waals surface area contributed by atoms with Gasteiger partial charge in [0.05, 0.1) is 0 Å². The van der Waals surface area contributed by atoms with Crippen molar-refractivity contribution in [2.75, 3.05) is 13.2 Å². The summed E-state index contributed by atoms with van der Waals surface area (Å²) in [5, 5.41) is 0. The van der Waals surface area contributed by atoms with Crippen LogP contribution in [-0.4, -0.2) is 37.2 Å². The van der Waals surface area contributed by atoms with Gasteiger partial charge in [-0.3, -0.25) is 14.4 Å². The summed E-state index contributed by atoms with van der Waals surface area (Å²) in [6.07, 6.45) is 93.5. The minimum absolute atomic E-state index is 0.116. The lowest BCUT2D eigenvalue weighted by Gasteiger charge is -2.18. The summed E-state index contributed by atoms with van der Waals surface area (Å²) in [5.74, 6) is -1.00. The maximum Gasteiger partial charge on any atom is 0.306 e. The van der Waals surface area contributed by atoms with E-state index in [0.717, 1.165) is 148 Å². The van der Waals surface area contributed by atoms with E-state index in [1.165, 1.54) is 38.5 Å². The van der Waals surface area contributed by atoms with Crippen LogP contribution in [0.3, 0.4) is 0 Å². The molecular formula is C71H110O6. The molecule has 0 aromatic heterocycles. The van der Waals surface area contributed by atoms with Gasteiger partial charge in [-0.05, 0) is 148 Å². The van der Waals surface area contributed by atoms with Gasteiger partial charge in [0, 0.05) is 19.3 Å². The van der Waals surface area contributed by atoms with E-state index in [1.54, 1.807) is 0 Å². The molecule has 0 aromatic carbocycles. The summed E-state index contributed by atoms with van der Waals surface area (Å²) in [6, 6.07) is 0. The van der Waals surface area contributed by atoms with Crippen molar-refractivity contribution in [3.8, 4) is 0 Å². The molecule has 0 rings (SSSR count). The first-order valence-corrected chi connectivity index (χ1v) is 30.6. The Morgan fingerprint density at radius 1 is 0.260 bits per heavy atom. The number of carbonyl (C=O) groups excluding carboxylic acids is 3. The number of allylic oxidation sites excluding steroid dienone is 28. The quantitative estimate of drug-likeness (QED) is 0.0261. The standard InChI is InChI=1S/C71H110O6/c1-4-7-10-13-16-19-22-25-28-30-32-33-34-35-36-37-39-40-43-46-49-52-55-58-61-64-70(73)76-67-68(66-75-69(72)63-60-57-54-51-48-45-42-27-24-21-18-15-12-9-6-3)77-71(74)65-62-59-56-53-50-47-44-41-38-31-29-26-23-20-17-14-11-8-5-2/h7-12,16-21,25-29,32-33,35-36,38,41-42,47-48,50-51,68H,4-6,13-15,22-24,30-31,34,37,39-40,43-46,49,52-67H2,1-3H3/b10-7-,11-8-,12-9-,19-16-,20-17-,21-18-,28-25-,29-26-,33-32-,36-35-,41-38-,42-27-,50-47-,51-48-. The average Bonchev–Trinajstić information content (AvgIpc) is 3.43. The van der Waals surface area contributed by atoms with Crippen LogP contribution in [0, 0.1) is 0 Å². The number of hydrogen-bond donors (Lipinski definition) is 0. The van der Waals surface area contributed by atoms with E-state index in [2.05, 4.69) is 191 Å². The molecule has 430 valence electrons. The summed E-state index contributed by atoms with van der Waals surface area (Å²) >= 11 is 0. The maximum absolute atomic E-state index is 12.9. The van der Waals surface area contributed by atoms with Gasteiger partial charge in [0.1, 0.15) is 13.2 Å². The van der Waals surface area contributed by atoms with E-state index >= 15 is 0 Å². The number of carbonyl (C=O) groups is 3. The van der Waals surface area contributed by atoms with Gasteiger partial charge in [0.25, 0.3) is 0 Å². The molecule has 0 bridgehead atoms. The first-order chi connectivity index (χ1) is 38.0. The predicted octanol–water partition coefficient (Wildman–Crippen LogP) is 21.1. The van der Waals surface area contributed by atoms with Gasteiger partial charge >= 0.3 is 17.9 Å². The zero-order valence-electron chi connectivity index (χ0n) is 49.1. The molecular weight excluding hydrogens is 949 g/mol. The van der Waals surface area contributed by atoms with Gasteiger partial charge < -0.3 is 14.2 Å². The summed E-state index contributed by atoms with van der Waals surface area (Å²) < 4.78 is 16.8. The van der Waals surface area contributed by atoms with E-state index in [0.29, 0.717) is 19.3 Å². The summed E-state index contributed by atoms with van der Waals surface area (Å²) in [6.45, 7) is 6.22. The lowest BCUT2D eigenvalue weighted by Crippen LogP contribution is -2.30. The van der Waals surface area contributed by atoms with Crippen LogP contribution in [0.2, 0.25) is 0 Å². The first-order valence-electron chi connectivity index (χ1n) is 30.6. The summed E-state index contributed by atoms with van der Waals surface area (Å²) in [4.78, 5) is 38.3. The highest BCUT2D eigenvalue weighted by Crippen LogP contribution is 2.14. The van der Waals surface area contributed by atoms with Gasteiger partial charge in [-0.15, -0.1) is 0 Å². The summed E-state index contributed by atoms with van der Waals surface area (Å²) in [7, 11) is 0. The second-order valence-corrected chi connectivity index (χ2v) is 19.5. The van der Waals surface area contributed by atoms with E-state index < -0.39 is 6.10 Å².